The Labute approximate surface area is 130 Å². The predicted octanol–water partition coefficient (Wildman–Crippen LogP) is 1.58. The van der Waals surface area contributed by atoms with E-state index < -0.39 is 17.4 Å². The molecule has 2 N–H and O–H groups in total. The van der Waals surface area contributed by atoms with Gasteiger partial charge in [0, 0.05) is 26.1 Å². The highest BCUT2D eigenvalue weighted by Gasteiger charge is 2.41. The fraction of sp³-hybridized carbons (Fsp3) is 0.429. The fourth-order valence-corrected chi connectivity index (χ4v) is 2.52. The van der Waals surface area contributed by atoms with Crippen molar-refractivity contribution in [2.45, 2.75) is 18.4 Å². The van der Waals surface area contributed by atoms with Gasteiger partial charge in [-0.2, -0.15) is 0 Å². The van der Waals surface area contributed by atoms with Crippen molar-refractivity contribution in [2.24, 2.45) is 0 Å². The van der Waals surface area contributed by atoms with Crippen molar-refractivity contribution in [1.82, 2.24) is 5.32 Å². The number of ether oxygens (including phenoxy) is 2. The van der Waals surface area contributed by atoms with E-state index in [-0.39, 0.29) is 19.4 Å². The Morgan fingerprint density at radius 2 is 2.00 bits per heavy atom. The average Bonchev–Trinajstić information content (AvgIpc) is 2.47. The number of hydrogen-bond donors (Lipinski definition) is 2. The standard InChI is InChI=1S/C14H16BrNO5/c15-10-3-1-2-4-11(10)21-9-12(17)16-14(13(18)19)5-7-20-8-6-14/h1-4H,5-9H2,(H,16,17)(H,18,19). The minimum absolute atomic E-state index is 0.238. The summed E-state index contributed by atoms with van der Waals surface area (Å²) in [5.74, 6) is -0.973. The van der Waals surface area contributed by atoms with Gasteiger partial charge in [0.05, 0.1) is 4.47 Å². The third-order valence-electron chi connectivity index (χ3n) is 3.33. The van der Waals surface area contributed by atoms with E-state index >= 15 is 0 Å². The minimum Gasteiger partial charge on any atom is -0.483 e. The van der Waals surface area contributed by atoms with Gasteiger partial charge in [-0.1, -0.05) is 12.1 Å². The van der Waals surface area contributed by atoms with E-state index in [1.165, 1.54) is 0 Å². The first-order valence-electron chi connectivity index (χ1n) is 6.53. The van der Waals surface area contributed by atoms with E-state index in [4.69, 9.17) is 9.47 Å². The molecule has 0 aliphatic carbocycles. The van der Waals surface area contributed by atoms with Gasteiger partial charge in [-0.3, -0.25) is 4.79 Å². The number of para-hydroxylation sites is 1. The van der Waals surface area contributed by atoms with Crippen LogP contribution in [0.2, 0.25) is 0 Å². The smallest absolute Gasteiger partial charge is 0.329 e. The van der Waals surface area contributed by atoms with Gasteiger partial charge in [0.1, 0.15) is 11.3 Å². The van der Waals surface area contributed by atoms with Crippen LogP contribution in [0.1, 0.15) is 12.8 Å². The van der Waals surface area contributed by atoms with Gasteiger partial charge < -0.3 is 19.9 Å². The summed E-state index contributed by atoms with van der Waals surface area (Å²) in [6.45, 7) is 0.397. The summed E-state index contributed by atoms with van der Waals surface area (Å²) in [5.41, 5.74) is -1.26. The zero-order valence-electron chi connectivity index (χ0n) is 11.3. The second-order valence-electron chi connectivity index (χ2n) is 4.77. The van der Waals surface area contributed by atoms with Crippen LogP contribution in [0.25, 0.3) is 0 Å². The molecule has 1 aliphatic rings. The van der Waals surface area contributed by atoms with Crippen molar-refractivity contribution in [3.8, 4) is 5.75 Å². The Morgan fingerprint density at radius 1 is 1.33 bits per heavy atom. The van der Waals surface area contributed by atoms with E-state index in [1.54, 1.807) is 18.2 Å². The third kappa shape index (κ3) is 3.95. The molecule has 0 aromatic heterocycles. The topological polar surface area (TPSA) is 84.9 Å². The highest BCUT2D eigenvalue weighted by Crippen LogP contribution is 2.24. The van der Waals surface area contributed by atoms with Crippen LogP contribution in [-0.4, -0.2) is 42.3 Å². The van der Waals surface area contributed by atoms with E-state index in [9.17, 15) is 14.7 Å². The quantitative estimate of drug-likeness (QED) is 0.835. The molecule has 0 atom stereocenters. The number of benzene rings is 1. The van der Waals surface area contributed by atoms with E-state index in [0.29, 0.717) is 19.0 Å². The van der Waals surface area contributed by atoms with E-state index in [0.717, 1.165) is 4.47 Å². The molecule has 0 bridgehead atoms. The van der Waals surface area contributed by atoms with Crippen LogP contribution in [0.3, 0.4) is 0 Å². The zero-order valence-corrected chi connectivity index (χ0v) is 12.9. The lowest BCUT2D eigenvalue weighted by Gasteiger charge is -2.33. The highest BCUT2D eigenvalue weighted by atomic mass is 79.9. The molecular formula is C14H16BrNO5. The second kappa shape index (κ2) is 6.91. The van der Waals surface area contributed by atoms with E-state index in [1.807, 2.05) is 6.07 Å². The molecule has 1 aliphatic heterocycles. The maximum Gasteiger partial charge on any atom is 0.329 e. The van der Waals surface area contributed by atoms with Gasteiger partial charge in [0.15, 0.2) is 6.61 Å². The lowest BCUT2D eigenvalue weighted by Crippen LogP contribution is -2.58. The summed E-state index contributed by atoms with van der Waals surface area (Å²) < 4.78 is 11.3. The number of carbonyl (C=O) groups is 2. The van der Waals surface area contributed by atoms with Crippen molar-refractivity contribution in [1.29, 1.82) is 0 Å². The Bertz CT molecular complexity index is 528. The van der Waals surface area contributed by atoms with Crippen molar-refractivity contribution < 1.29 is 24.2 Å². The number of halogens is 1. The normalized spacial score (nSPS) is 17.0. The molecule has 1 amide bonds. The van der Waals surface area contributed by atoms with Gasteiger partial charge in [0.25, 0.3) is 5.91 Å². The van der Waals surface area contributed by atoms with Crippen LogP contribution in [-0.2, 0) is 14.3 Å². The first-order chi connectivity index (χ1) is 10.0. The molecule has 7 heteroatoms. The Hall–Kier alpha value is -1.60. The average molecular weight is 358 g/mol. The Balaban J connectivity index is 1.94. The highest BCUT2D eigenvalue weighted by molar-refractivity contribution is 9.10. The van der Waals surface area contributed by atoms with Crippen molar-refractivity contribution >= 4 is 27.8 Å². The minimum atomic E-state index is -1.26. The fourth-order valence-electron chi connectivity index (χ4n) is 2.12. The SMILES string of the molecule is O=C(COc1ccccc1Br)NC1(C(=O)O)CCOCC1. The van der Waals surface area contributed by atoms with Gasteiger partial charge in [0.2, 0.25) is 0 Å². The number of amides is 1. The molecule has 1 heterocycles. The van der Waals surface area contributed by atoms with Crippen LogP contribution < -0.4 is 10.1 Å². The zero-order chi connectivity index (χ0) is 15.3. The summed E-state index contributed by atoms with van der Waals surface area (Å²) in [4.78, 5) is 23.4. The molecule has 0 radical (unpaired) electrons. The van der Waals surface area contributed by atoms with Crippen LogP contribution in [0.15, 0.2) is 28.7 Å². The molecule has 0 spiro atoms. The molecule has 1 saturated heterocycles. The monoisotopic (exact) mass is 357 g/mol. The van der Waals surface area contributed by atoms with Crippen molar-refractivity contribution in [3.05, 3.63) is 28.7 Å². The van der Waals surface area contributed by atoms with Gasteiger partial charge >= 0.3 is 5.97 Å². The van der Waals surface area contributed by atoms with Crippen LogP contribution in [0.5, 0.6) is 5.75 Å². The van der Waals surface area contributed by atoms with Crippen LogP contribution in [0, 0.1) is 0 Å². The summed E-state index contributed by atoms with van der Waals surface area (Å²) >= 11 is 3.31. The number of carboxylic acids is 1. The molecule has 0 saturated carbocycles. The van der Waals surface area contributed by atoms with Gasteiger partial charge in [-0.05, 0) is 28.1 Å². The number of hydrogen-bond acceptors (Lipinski definition) is 4. The molecule has 0 unspecified atom stereocenters. The second-order valence-corrected chi connectivity index (χ2v) is 5.62. The molecule has 1 aromatic rings. The lowest BCUT2D eigenvalue weighted by molar-refractivity contribution is -0.152. The van der Waals surface area contributed by atoms with Gasteiger partial charge in [-0.25, -0.2) is 4.79 Å². The van der Waals surface area contributed by atoms with E-state index in [2.05, 4.69) is 21.2 Å². The summed E-state index contributed by atoms with van der Waals surface area (Å²) in [7, 11) is 0. The van der Waals surface area contributed by atoms with Crippen LogP contribution in [0.4, 0.5) is 0 Å². The Kier molecular flexibility index (Phi) is 5.19. The number of rotatable bonds is 5. The molecule has 6 nitrogen and oxygen atoms in total. The third-order valence-corrected chi connectivity index (χ3v) is 3.98. The molecule has 1 fully saturated rings. The first kappa shape index (κ1) is 15.8. The van der Waals surface area contributed by atoms with Crippen molar-refractivity contribution in [3.63, 3.8) is 0 Å². The number of carboxylic acid groups (broad SMARTS) is 1. The number of aliphatic carboxylic acids is 1. The molecule has 2 rings (SSSR count). The van der Waals surface area contributed by atoms with Crippen LogP contribution >= 0.6 is 15.9 Å². The summed E-state index contributed by atoms with van der Waals surface area (Å²) in [5, 5.41) is 11.9. The molecular weight excluding hydrogens is 342 g/mol. The lowest BCUT2D eigenvalue weighted by atomic mass is 9.90. The maximum atomic E-state index is 11.9. The number of carbonyl (C=O) groups excluding carboxylic acids is 1. The molecule has 21 heavy (non-hydrogen) atoms. The van der Waals surface area contributed by atoms with Crippen molar-refractivity contribution in [2.75, 3.05) is 19.8 Å². The van der Waals surface area contributed by atoms with Gasteiger partial charge in [-0.15, -0.1) is 0 Å². The summed E-state index contributed by atoms with van der Waals surface area (Å²) in [6.07, 6.45) is 0.506. The molecule has 114 valence electrons. The number of nitrogens with one attached hydrogen (secondary N) is 1. The first-order valence-corrected chi connectivity index (χ1v) is 7.32. The summed E-state index contributed by atoms with van der Waals surface area (Å²) in [6, 6.07) is 7.14. The maximum absolute atomic E-state index is 11.9. The molecule has 1 aromatic carbocycles. The predicted molar refractivity (Wildman–Crippen MR) is 78.2 cm³/mol. The largest absolute Gasteiger partial charge is 0.483 e. The Morgan fingerprint density at radius 3 is 2.62 bits per heavy atom.